The topological polar surface area (TPSA) is 73.6 Å². The van der Waals surface area contributed by atoms with Gasteiger partial charge in [0.05, 0.1) is 26.4 Å². The summed E-state index contributed by atoms with van der Waals surface area (Å²) < 4.78 is 10.4. The maximum atomic E-state index is 11.2. The van der Waals surface area contributed by atoms with E-state index in [4.69, 9.17) is 15.2 Å². The van der Waals surface area contributed by atoms with Gasteiger partial charge in [-0.15, -0.1) is 0 Å². The molecule has 5 heteroatoms. The first kappa shape index (κ1) is 19.7. The lowest BCUT2D eigenvalue weighted by atomic mass is 10.2. The Morgan fingerprint density at radius 2 is 1.72 bits per heavy atom. The molecule has 3 N–H and O–H groups in total. The molecule has 0 saturated heterocycles. The van der Waals surface area contributed by atoms with E-state index in [1.54, 1.807) is 0 Å². The van der Waals surface area contributed by atoms with Crippen LogP contribution in [0.15, 0.2) is 0 Å². The molecule has 0 bridgehead atoms. The van der Waals surface area contributed by atoms with Gasteiger partial charge in [-0.1, -0.05) is 27.2 Å². The molecular weight excluding hydrogens is 232 g/mol. The highest BCUT2D eigenvalue weighted by molar-refractivity contribution is 5.75. The van der Waals surface area contributed by atoms with Crippen LogP contribution in [0.1, 0.15) is 40.0 Å². The summed E-state index contributed by atoms with van der Waals surface area (Å²) in [4.78, 5) is 11.2. The van der Waals surface area contributed by atoms with Gasteiger partial charge in [0.2, 0.25) is 5.91 Å². The number of rotatable bonds is 11. The van der Waals surface area contributed by atoms with Crippen molar-refractivity contribution in [3.63, 3.8) is 0 Å². The lowest BCUT2D eigenvalue weighted by molar-refractivity contribution is -0.121. The van der Waals surface area contributed by atoms with Crippen molar-refractivity contribution in [1.82, 2.24) is 5.32 Å². The Bertz CT molecular complexity index is 166. The maximum absolute atomic E-state index is 11.2. The van der Waals surface area contributed by atoms with Gasteiger partial charge in [0.25, 0.3) is 0 Å². The SMILES string of the molecule is CC.CCCCC(=O)NCCOCCOCCN. The number of amides is 1. The van der Waals surface area contributed by atoms with Gasteiger partial charge in [-0.3, -0.25) is 4.79 Å². The Hall–Kier alpha value is -0.650. The van der Waals surface area contributed by atoms with Crippen LogP contribution in [0.5, 0.6) is 0 Å². The number of carbonyl (C=O) groups excluding carboxylic acids is 1. The molecule has 0 fully saturated rings. The minimum atomic E-state index is 0.102. The quantitative estimate of drug-likeness (QED) is 0.551. The van der Waals surface area contributed by atoms with Crippen LogP contribution < -0.4 is 11.1 Å². The second-order valence-electron chi connectivity index (χ2n) is 3.47. The number of unbranched alkanes of at least 4 members (excludes halogenated alkanes) is 1. The molecule has 0 aliphatic rings. The molecule has 0 saturated carbocycles. The first-order valence-electron chi connectivity index (χ1n) is 6.93. The normalized spacial score (nSPS) is 9.56. The van der Waals surface area contributed by atoms with Crippen LogP contribution in [-0.2, 0) is 14.3 Å². The Morgan fingerprint density at radius 3 is 2.28 bits per heavy atom. The van der Waals surface area contributed by atoms with Gasteiger partial charge in [-0.2, -0.15) is 0 Å². The van der Waals surface area contributed by atoms with Crippen molar-refractivity contribution in [1.29, 1.82) is 0 Å². The Labute approximate surface area is 111 Å². The molecule has 18 heavy (non-hydrogen) atoms. The van der Waals surface area contributed by atoms with Crippen LogP contribution in [0.4, 0.5) is 0 Å². The average molecular weight is 262 g/mol. The summed E-state index contributed by atoms with van der Waals surface area (Å²) in [5.74, 6) is 0.102. The molecule has 0 aliphatic carbocycles. The first-order chi connectivity index (χ1) is 8.81. The molecule has 0 atom stereocenters. The molecule has 0 aliphatic heterocycles. The van der Waals surface area contributed by atoms with Crippen LogP contribution >= 0.6 is 0 Å². The van der Waals surface area contributed by atoms with Gasteiger partial charge in [0.15, 0.2) is 0 Å². The van der Waals surface area contributed by atoms with E-state index in [-0.39, 0.29) is 5.91 Å². The summed E-state index contributed by atoms with van der Waals surface area (Å²) in [5, 5.41) is 2.79. The zero-order valence-electron chi connectivity index (χ0n) is 12.2. The van der Waals surface area contributed by atoms with E-state index < -0.39 is 0 Å². The lowest BCUT2D eigenvalue weighted by Gasteiger charge is -2.06. The van der Waals surface area contributed by atoms with Crippen molar-refractivity contribution in [3.8, 4) is 0 Å². The predicted octanol–water partition coefficient (Wildman–Crippen LogP) is 1.31. The number of carbonyl (C=O) groups is 1. The van der Waals surface area contributed by atoms with Crippen molar-refractivity contribution in [2.24, 2.45) is 5.73 Å². The number of nitrogens with one attached hydrogen (secondary N) is 1. The third kappa shape index (κ3) is 17.7. The third-order valence-corrected chi connectivity index (χ3v) is 1.96. The van der Waals surface area contributed by atoms with E-state index in [9.17, 15) is 4.79 Å². The van der Waals surface area contributed by atoms with E-state index >= 15 is 0 Å². The summed E-state index contributed by atoms with van der Waals surface area (Å²) in [7, 11) is 0. The van der Waals surface area contributed by atoms with Gasteiger partial charge in [-0.05, 0) is 6.42 Å². The zero-order valence-corrected chi connectivity index (χ0v) is 12.2. The van der Waals surface area contributed by atoms with Crippen molar-refractivity contribution < 1.29 is 14.3 Å². The van der Waals surface area contributed by atoms with Crippen molar-refractivity contribution >= 4 is 5.91 Å². The van der Waals surface area contributed by atoms with E-state index in [1.165, 1.54) is 0 Å². The fourth-order valence-electron chi connectivity index (χ4n) is 1.09. The third-order valence-electron chi connectivity index (χ3n) is 1.96. The van der Waals surface area contributed by atoms with Crippen LogP contribution in [0, 0.1) is 0 Å². The number of nitrogens with two attached hydrogens (primary N) is 1. The zero-order chi connectivity index (χ0) is 14.1. The van der Waals surface area contributed by atoms with E-state index in [2.05, 4.69) is 12.2 Å². The van der Waals surface area contributed by atoms with Gasteiger partial charge in [0.1, 0.15) is 0 Å². The van der Waals surface area contributed by atoms with E-state index in [1.807, 2.05) is 13.8 Å². The standard InChI is InChI=1S/C11H24N2O3.C2H6/c1-2-3-4-11(14)13-6-8-16-10-9-15-7-5-12;1-2/h2-10,12H2,1H3,(H,13,14);1-2H3. The van der Waals surface area contributed by atoms with E-state index in [0.29, 0.717) is 45.9 Å². The largest absolute Gasteiger partial charge is 0.378 e. The summed E-state index contributed by atoms with van der Waals surface area (Å²) in [6.45, 7) is 9.37. The summed E-state index contributed by atoms with van der Waals surface area (Å²) in [6, 6.07) is 0. The second kappa shape index (κ2) is 18.7. The number of ether oxygens (including phenoxy) is 2. The number of hydrogen-bond acceptors (Lipinski definition) is 4. The van der Waals surface area contributed by atoms with Crippen molar-refractivity contribution in [2.75, 3.05) is 39.5 Å². The Kier molecular flexibility index (Phi) is 20.5. The highest BCUT2D eigenvalue weighted by Gasteiger charge is 1.98. The van der Waals surface area contributed by atoms with Gasteiger partial charge >= 0.3 is 0 Å². The number of hydrogen-bond donors (Lipinski definition) is 2. The lowest BCUT2D eigenvalue weighted by Crippen LogP contribution is -2.27. The van der Waals surface area contributed by atoms with Crippen LogP contribution in [-0.4, -0.2) is 45.4 Å². The molecule has 0 unspecified atom stereocenters. The molecule has 0 radical (unpaired) electrons. The summed E-state index contributed by atoms with van der Waals surface area (Å²) in [6.07, 6.45) is 2.60. The van der Waals surface area contributed by atoms with E-state index in [0.717, 1.165) is 12.8 Å². The fraction of sp³-hybridized carbons (Fsp3) is 0.923. The highest BCUT2D eigenvalue weighted by Crippen LogP contribution is 1.92. The molecule has 0 spiro atoms. The average Bonchev–Trinajstić information content (AvgIpc) is 2.41. The van der Waals surface area contributed by atoms with Gasteiger partial charge in [0, 0.05) is 19.5 Å². The minimum absolute atomic E-state index is 0.102. The Balaban J connectivity index is 0. The molecule has 110 valence electrons. The molecule has 0 heterocycles. The smallest absolute Gasteiger partial charge is 0.220 e. The molecule has 0 aromatic carbocycles. The monoisotopic (exact) mass is 262 g/mol. The van der Waals surface area contributed by atoms with Crippen LogP contribution in [0.3, 0.4) is 0 Å². The molecule has 0 aromatic heterocycles. The molecule has 5 nitrogen and oxygen atoms in total. The van der Waals surface area contributed by atoms with Crippen molar-refractivity contribution in [2.45, 2.75) is 40.0 Å². The minimum Gasteiger partial charge on any atom is -0.378 e. The molecule has 1 amide bonds. The summed E-state index contributed by atoms with van der Waals surface area (Å²) in [5.41, 5.74) is 5.25. The Morgan fingerprint density at radius 1 is 1.11 bits per heavy atom. The molecule has 0 rings (SSSR count). The van der Waals surface area contributed by atoms with Crippen molar-refractivity contribution in [3.05, 3.63) is 0 Å². The second-order valence-corrected chi connectivity index (χ2v) is 3.47. The van der Waals surface area contributed by atoms with Crippen LogP contribution in [0.25, 0.3) is 0 Å². The van der Waals surface area contributed by atoms with Crippen LogP contribution in [0.2, 0.25) is 0 Å². The summed E-state index contributed by atoms with van der Waals surface area (Å²) >= 11 is 0. The maximum Gasteiger partial charge on any atom is 0.220 e. The first-order valence-corrected chi connectivity index (χ1v) is 6.93. The fourth-order valence-corrected chi connectivity index (χ4v) is 1.09. The molecule has 0 aromatic rings. The molecular formula is C13H30N2O3. The van der Waals surface area contributed by atoms with Gasteiger partial charge < -0.3 is 20.5 Å². The van der Waals surface area contributed by atoms with Gasteiger partial charge in [-0.25, -0.2) is 0 Å². The predicted molar refractivity (Wildman–Crippen MR) is 74.6 cm³/mol. The highest BCUT2D eigenvalue weighted by atomic mass is 16.5.